The number of hydrogen-bond donors (Lipinski definition) is 0. The molecular weight excluding hydrogens is 841 g/mol. The van der Waals surface area contributed by atoms with Crippen LogP contribution in [0.25, 0.3) is 119 Å². The molecular formula is C62H42O2S2. The van der Waals surface area contributed by atoms with E-state index in [4.69, 9.17) is 8.83 Å². The Balaban J connectivity index is 0.769. The molecule has 2 nitrogen and oxygen atoms in total. The number of hydrogen-bond acceptors (Lipinski definition) is 4. The van der Waals surface area contributed by atoms with Gasteiger partial charge in [0.15, 0.2) is 0 Å². The molecule has 0 saturated carbocycles. The second kappa shape index (κ2) is 13.6. The van der Waals surface area contributed by atoms with Gasteiger partial charge in [0, 0.05) is 63.0 Å². The average molecular weight is 883 g/mol. The molecule has 4 aromatic heterocycles. The van der Waals surface area contributed by atoms with Crippen LogP contribution >= 0.6 is 22.7 Å². The standard InChI is InChI=1S/C62H42O2S2/c1-61(2)49-33-37(35-11-7-5-8-12-35)15-19-41(49)43-21-23-45-47-31-39(17-25-51(47)63-59(45)57(43)61)53-27-29-55(65-53)56-30-28-54(66-56)40-18-26-52-48(32-40)46-24-22-44-42-20-16-38(36-13-9-6-10-14-36)34-50(42)62(3,4)58(44)60(46)64-52/h5-34H,1-4H3. The third-order valence-corrected chi connectivity index (χ3v) is 17.2. The van der Waals surface area contributed by atoms with Gasteiger partial charge in [-0.15, -0.1) is 22.7 Å². The quantitative estimate of drug-likeness (QED) is 0.172. The lowest BCUT2D eigenvalue weighted by molar-refractivity contribution is 0.619. The van der Waals surface area contributed by atoms with E-state index in [1.165, 1.54) is 108 Å². The Labute approximate surface area is 391 Å². The van der Waals surface area contributed by atoms with Gasteiger partial charge >= 0.3 is 0 Å². The molecule has 2 aliphatic rings. The molecule has 66 heavy (non-hydrogen) atoms. The Morgan fingerprint density at radius 3 is 1.15 bits per heavy atom. The summed E-state index contributed by atoms with van der Waals surface area (Å²) in [5.74, 6) is 0. The first-order valence-corrected chi connectivity index (χ1v) is 24.4. The topological polar surface area (TPSA) is 26.3 Å². The molecule has 4 heteroatoms. The molecule has 8 aromatic carbocycles. The Morgan fingerprint density at radius 2 is 0.712 bits per heavy atom. The van der Waals surface area contributed by atoms with Gasteiger partial charge in [-0.2, -0.15) is 0 Å². The van der Waals surface area contributed by atoms with E-state index >= 15 is 0 Å². The van der Waals surface area contributed by atoms with Gasteiger partial charge in [-0.3, -0.25) is 0 Å². The molecule has 0 fully saturated rings. The zero-order valence-electron chi connectivity index (χ0n) is 37.0. The molecule has 0 unspecified atom stereocenters. The van der Waals surface area contributed by atoms with Crippen LogP contribution in [0.3, 0.4) is 0 Å². The van der Waals surface area contributed by atoms with Crippen molar-refractivity contribution in [2.24, 2.45) is 0 Å². The van der Waals surface area contributed by atoms with Gasteiger partial charge in [0.1, 0.15) is 22.3 Å². The van der Waals surface area contributed by atoms with E-state index in [9.17, 15) is 0 Å². The maximum Gasteiger partial charge on any atom is 0.140 e. The highest BCUT2D eigenvalue weighted by atomic mass is 32.1. The van der Waals surface area contributed by atoms with Crippen LogP contribution in [0.2, 0.25) is 0 Å². The molecule has 314 valence electrons. The van der Waals surface area contributed by atoms with Crippen LogP contribution in [0, 0.1) is 0 Å². The highest BCUT2D eigenvalue weighted by Crippen LogP contribution is 2.55. The van der Waals surface area contributed by atoms with Crippen molar-refractivity contribution in [3.63, 3.8) is 0 Å². The van der Waals surface area contributed by atoms with Gasteiger partial charge < -0.3 is 8.83 Å². The molecule has 14 rings (SSSR count). The highest BCUT2D eigenvalue weighted by molar-refractivity contribution is 7.25. The minimum Gasteiger partial charge on any atom is -0.456 e. The first-order chi connectivity index (χ1) is 32.2. The molecule has 0 spiro atoms. The fourth-order valence-electron chi connectivity index (χ4n) is 11.4. The summed E-state index contributed by atoms with van der Waals surface area (Å²) in [5.41, 5.74) is 21.2. The molecule has 0 N–H and O–H groups in total. The lowest BCUT2D eigenvalue weighted by atomic mass is 9.81. The van der Waals surface area contributed by atoms with E-state index in [2.05, 4.69) is 210 Å². The highest BCUT2D eigenvalue weighted by Gasteiger charge is 2.40. The van der Waals surface area contributed by atoms with Crippen LogP contribution in [0.5, 0.6) is 0 Å². The van der Waals surface area contributed by atoms with Gasteiger partial charge in [-0.05, 0) is 152 Å². The fourth-order valence-corrected chi connectivity index (χ4v) is 13.5. The van der Waals surface area contributed by atoms with Crippen molar-refractivity contribution in [1.29, 1.82) is 0 Å². The summed E-state index contributed by atoms with van der Waals surface area (Å²) in [6.07, 6.45) is 0. The number of thiophene rings is 2. The predicted octanol–water partition coefficient (Wildman–Crippen LogP) is 18.6. The van der Waals surface area contributed by atoms with Crippen molar-refractivity contribution in [2.75, 3.05) is 0 Å². The third-order valence-electron chi connectivity index (χ3n) is 14.7. The van der Waals surface area contributed by atoms with Crippen LogP contribution in [-0.4, -0.2) is 0 Å². The summed E-state index contributed by atoms with van der Waals surface area (Å²) in [6, 6.07) is 66.9. The zero-order valence-corrected chi connectivity index (χ0v) is 38.6. The summed E-state index contributed by atoms with van der Waals surface area (Å²) in [4.78, 5) is 5.04. The lowest BCUT2D eigenvalue weighted by Crippen LogP contribution is -2.15. The summed E-state index contributed by atoms with van der Waals surface area (Å²) in [7, 11) is 0. The Hall–Kier alpha value is -7.24. The van der Waals surface area contributed by atoms with Gasteiger partial charge in [0.05, 0.1) is 0 Å². The maximum atomic E-state index is 6.79. The molecule has 0 amide bonds. The van der Waals surface area contributed by atoms with Crippen molar-refractivity contribution in [3.05, 3.63) is 204 Å². The minimum atomic E-state index is -0.204. The summed E-state index contributed by atoms with van der Waals surface area (Å²) >= 11 is 3.70. The number of benzene rings is 8. The molecule has 12 aromatic rings. The van der Waals surface area contributed by atoms with E-state index in [1.54, 1.807) is 0 Å². The number of fused-ring (bicyclic) bond motifs is 14. The Morgan fingerprint density at radius 1 is 0.318 bits per heavy atom. The van der Waals surface area contributed by atoms with Crippen LogP contribution in [0.1, 0.15) is 49.9 Å². The van der Waals surface area contributed by atoms with E-state index in [1.807, 2.05) is 22.7 Å². The molecule has 0 atom stereocenters. The number of furan rings is 2. The molecule has 0 aliphatic heterocycles. The minimum absolute atomic E-state index is 0.204. The van der Waals surface area contributed by atoms with Gasteiger partial charge in [-0.25, -0.2) is 0 Å². The van der Waals surface area contributed by atoms with Crippen LogP contribution in [-0.2, 0) is 10.8 Å². The summed E-state index contributed by atoms with van der Waals surface area (Å²) < 4.78 is 13.6. The van der Waals surface area contributed by atoms with Crippen molar-refractivity contribution in [2.45, 2.75) is 38.5 Å². The number of rotatable bonds is 5. The predicted molar refractivity (Wildman–Crippen MR) is 279 cm³/mol. The van der Waals surface area contributed by atoms with Crippen LogP contribution < -0.4 is 0 Å². The molecule has 0 bridgehead atoms. The molecule has 2 aliphatic carbocycles. The zero-order chi connectivity index (χ0) is 44.1. The van der Waals surface area contributed by atoms with E-state index in [-0.39, 0.29) is 10.8 Å². The Bertz CT molecular complexity index is 3720. The van der Waals surface area contributed by atoms with Crippen molar-refractivity contribution in [1.82, 2.24) is 0 Å². The van der Waals surface area contributed by atoms with Gasteiger partial charge in [0.2, 0.25) is 0 Å². The smallest absolute Gasteiger partial charge is 0.140 e. The SMILES string of the molecule is CC1(C)c2cc(-c3ccccc3)ccc2-c2ccc3c(oc4ccc(-c5ccc(-c6ccc(-c7ccc8oc9c%10c(ccc9c8c7)-c7ccc(-c8ccccc8)cc7C%10(C)C)s6)s5)cc43)c21. The monoisotopic (exact) mass is 882 g/mol. The summed E-state index contributed by atoms with van der Waals surface area (Å²) in [6.45, 7) is 9.38. The first kappa shape index (κ1) is 38.1. The first-order valence-electron chi connectivity index (χ1n) is 22.8. The lowest BCUT2D eigenvalue weighted by Gasteiger charge is -2.22. The van der Waals surface area contributed by atoms with Crippen molar-refractivity contribution in [3.8, 4) is 75.1 Å². The van der Waals surface area contributed by atoms with Crippen LogP contribution in [0.15, 0.2) is 191 Å². The molecule has 4 heterocycles. The van der Waals surface area contributed by atoms with Gasteiger partial charge in [-0.1, -0.05) is 125 Å². The Kier molecular flexibility index (Phi) is 7.87. The van der Waals surface area contributed by atoms with Crippen molar-refractivity contribution < 1.29 is 8.83 Å². The third kappa shape index (κ3) is 5.40. The second-order valence-corrected chi connectivity index (χ2v) is 21.4. The molecule has 0 saturated heterocycles. The summed E-state index contributed by atoms with van der Waals surface area (Å²) in [5, 5.41) is 4.67. The van der Waals surface area contributed by atoms with Crippen LogP contribution in [0.4, 0.5) is 0 Å². The largest absolute Gasteiger partial charge is 0.456 e. The van der Waals surface area contributed by atoms with Gasteiger partial charge in [0.25, 0.3) is 0 Å². The van der Waals surface area contributed by atoms with E-state index < -0.39 is 0 Å². The normalized spacial score (nSPS) is 14.3. The van der Waals surface area contributed by atoms with E-state index in [0.717, 1.165) is 33.1 Å². The van der Waals surface area contributed by atoms with E-state index in [0.29, 0.717) is 0 Å². The second-order valence-electron chi connectivity index (χ2n) is 19.2. The fraction of sp³-hybridized carbons (Fsp3) is 0.0968. The maximum absolute atomic E-state index is 6.79. The average Bonchev–Trinajstić information content (AvgIpc) is 4.21. The van der Waals surface area contributed by atoms with Crippen molar-refractivity contribution >= 4 is 66.6 Å². The molecule has 0 radical (unpaired) electrons.